The number of hydrazone groups is 1. The van der Waals surface area contributed by atoms with E-state index in [1.807, 2.05) is 48.5 Å². The number of fused-ring (bicyclic) bond motifs is 1. The number of hydrazine groups is 2. The topological polar surface area (TPSA) is 203 Å². The van der Waals surface area contributed by atoms with Crippen LogP contribution in [0.5, 0.6) is 0 Å². The number of carbonyl (C=O) groups is 1. The maximum absolute atomic E-state index is 13.2. The molecule has 3 aromatic heterocycles. The molecule has 5 N–H and O–H groups in total. The van der Waals surface area contributed by atoms with E-state index in [9.17, 15) is 4.79 Å². The molecule has 2 unspecified atom stereocenters. The van der Waals surface area contributed by atoms with Crippen molar-refractivity contribution < 1.29 is 13.8 Å². The molecule has 1 fully saturated rings. The van der Waals surface area contributed by atoms with Gasteiger partial charge >= 0.3 is 0 Å². The molecular weight excluding hydrogens is 526 g/mol. The first-order valence-electron chi connectivity index (χ1n) is 11.6. The van der Waals surface area contributed by atoms with Crippen LogP contribution < -0.4 is 27.1 Å². The van der Waals surface area contributed by atoms with Crippen LogP contribution in [0, 0.1) is 0 Å². The third-order valence-electron chi connectivity index (χ3n) is 5.95. The van der Waals surface area contributed by atoms with E-state index in [0.29, 0.717) is 22.3 Å². The standard InChI is InChI=1S/C22H21N13O3S/c1-12(13-6-8-14(9-7-13)34-11-24-31-33-34)26-28-21(36)18-16(35(32-27-18)20-19(23)29-38-30-20)10-39-22-25-15-4-2-3-5-17(15)37-22/h2-9,11,16,18,27,32H,10H2,1H3,(H2,23,29)(H,28,36)/b26-12+. The highest BCUT2D eigenvalue weighted by atomic mass is 32.2. The van der Waals surface area contributed by atoms with Gasteiger partial charge in [0.1, 0.15) is 17.9 Å². The smallest absolute Gasteiger partial charge is 0.260 e. The Morgan fingerprint density at radius 1 is 1.21 bits per heavy atom. The number of carbonyl (C=O) groups excluding carboxylic acids is 1. The van der Waals surface area contributed by atoms with Gasteiger partial charge in [-0.05, 0) is 57.5 Å². The number of tetrazole rings is 1. The van der Waals surface area contributed by atoms with Gasteiger partial charge in [-0.15, -0.1) is 5.10 Å². The third-order valence-corrected chi connectivity index (χ3v) is 6.88. The van der Waals surface area contributed by atoms with Crippen molar-refractivity contribution in [3.05, 3.63) is 60.4 Å². The predicted octanol–water partition coefficient (Wildman–Crippen LogP) is 0.668. The molecule has 2 aromatic carbocycles. The largest absolute Gasteiger partial charge is 0.431 e. The Balaban J connectivity index is 1.17. The van der Waals surface area contributed by atoms with Crippen molar-refractivity contribution in [1.29, 1.82) is 0 Å². The van der Waals surface area contributed by atoms with Crippen LogP contribution in [-0.4, -0.2) is 65.0 Å². The maximum atomic E-state index is 13.2. The van der Waals surface area contributed by atoms with Crippen LogP contribution in [0.1, 0.15) is 12.5 Å². The van der Waals surface area contributed by atoms with Gasteiger partial charge in [0.25, 0.3) is 11.1 Å². The number of thioether (sulfide) groups is 1. The number of nitrogens with two attached hydrogens (primary N) is 1. The number of hydrogen-bond donors (Lipinski definition) is 4. The third kappa shape index (κ3) is 5.00. The number of rotatable bonds is 8. The molecule has 5 aromatic rings. The molecule has 0 radical (unpaired) electrons. The predicted molar refractivity (Wildman–Crippen MR) is 139 cm³/mol. The summed E-state index contributed by atoms with van der Waals surface area (Å²) >= 11 is 1.34. The number of benzene rings is 2. The molecular formula is C22H21N13O3S. The van der Waals surface area contributed by atoms with E-state index in [0.717, 1.165) is 16.8 Å². The first kappa shape index (κ1) is 24.5. The summed E-state index contributed by atoms with van der Waals surface area (Å²) in [5.41, 5.74) is 18.1. The van der Waals surface area contributed by atoms with Crippen molar-refractivity contribution in [1.82, 2.24) is 51.9 Å². The maximum Gasteiger partial charge on any atom is 0.260 e. The lowest BCUT2D eigenvalue weighted by Gasteiger charge is -2.23. The number of aromatic nitrogens is 7. The molecule has 17 heteroatoms. The summed E-state index contributed by atoms with van der Waals surface area (Å²) in [6, 6.07) is 13.6. The monoisotopic (exact) mass is 547 g/mol. The molecule has 2 atom stereocenters. The molecule has 0 saturated carbocycles. The Morgan fingerprint density at radius 3 is 2.79 bits per heavy atom. The number of nitrogen functional groups attached to an aromatic ring is 1. The Labute approximate surface area is 223 Å². The minimum atomic E-state index is -0.753. The summed E-state index contributed by atoms with van der Waals surface area (Å²) in [5.74, 6) is 0.302. The van der Waals surface area contributed by atoms with Gasteiger partial charge in [-0.3, -0.25) is 9.80 Å². The summed E-state index contributed by atoms with van der Waals surface area (Å²) in [5, 5.41) is 25.0. The van der Waals surface area contributed by atoms with Crippen LogP contribution in [0.4, 0.5) is 11.6 Å². The van der Waals surface area contributed by atoms with Crippen LogP contribution in [0.3, 0.4) is 0 Å². The van der Waals surface area contributed by atoms with Crippen LogP contribution in [0.15, 0.2) is 74.2 Å². The van der Waals surface area contributed by atoms with Crippen LogP contribution in [0.25, 0.3) is 16.8 Å². The van der Waals surface area contributed by atoms with E-state index in [2.05, 4.69) is 52.3 Å². The lowest BCUT2D eigenvalue weighted by Crippen LogP contribution is -2.48. The molecule has 0 bridgehead atoms. The van der Waals surface area contributed by atoms with Crippen molar-refractivity contribution in [2.75, 3.05) is 16.5 Å². The van der Waals surface area contributed by atoms with Crippen LogP contribution in [-0.2, 0) is 4.79 Å². The summed E-state index contributed by atoms with van der Waals surface area (Å²) in [6.07, 6.45) is 1.50. The number of oxazole rings is 1. The van der Waals surface area contributed by atoms with Gasteiger partial charge in [0, 0.05) is 5.75 Å². The minimum Gasteiger partial charge on any atom is -0.431 e. The quantitative estimate of drug-likeness (QED) is 0.120. The first-order chi connectivity index (χ1) is 19.1. The number of para-hydroxylation sites is 2. The fourth-order valence-corrected chi connectivity index (χ4v) is 4.89. The second-order valence-corrected chi connectivity index (χ2v) is 9.35. The molecule has 6 rings (SSSR count). The van der Waals surface area contributed by atoms with E-state index in [-0.39, 0.29) is 17.5 Å². The fourth-order valence-electron chi connectivity index (χ4n) is 3.92. The minimum absolute atomic E-state index is 0.0706. The van der Waals surface area contributed by atoms with E-state index in [1.54, 1.807) is 16.6 Å². The van der Waals surface area contributed by atoms with Gasteiger partial charge in [0.15, 0.2) is 5.58 Å². The number of nitrogens with zero attached hydrogens (tertiary/aromatic N) is 9. The highest BCUT2D eigenvalue weighted by molar-refractivity contribution is 7.99. The van der Waals surface area contributed by atoms with Gasteiger partial charge in [-0.25, -0.2) is 25.1 Å². The summed E-state index contributed by atoms with van der Waals surface area (Å²) in [4.78, 5) is 17.7. The molecule has 39 heavy (non-hydrogen) atoms. The van der Waals surface area contributed by atoms with Gasteiger partial charge in [-0.1, -0.05) is 36.0 Å². The van der Waals surface area contributed by atoms with Crippen LogP contribution in [0.2, 0.25) is 0 Å². The van der Waals surface area contributed by atoms with Gasteiger partial charge in [-0.2, -0.15) is 10.6 Å². The molecule has 1 aliphatic rings. The van der Waals surface area contributed by atoms with E-state index in [1.165, 1.54) is 18.1 Å². The molecule has 0 aliphatic carbocycles. The molecule has 4 heterocycles. The second kappa shape index (κ2) is 10.5. The number of amides is 1. The zero-order valence-corrected chi connectivity index (χ0v) is 21.1. The van der Waals surface area contributed by atoms with E-state index >= 15 is 0 Å². The highest BCUT2D eigenvalue weighted by Gasteiger charge is 2.41. The highest BCUT2D eigenvalue weighted by Crippen LogP contribution is 2.29. The normalized spacial score (nSPS) is 17.7. The van der Waals surface area contributed by atoms with Crippen molar-refractivity contribution in [2.24, 2.45) is 5.10 Å². The first-order valence-corrected chi connectivity index (χ1v) is 12.6. The van der Waals surface area contributed by atoms with Gasteiger partial charge in [0.05, 0.1) is 17.4 Å². The molecule has 1 amide bonds. The Hall–Kier alpha value is -4.87. The average molecular weight is 548 g/mol. The van der Waals surface area contributed by atoms with E-state index < -0.39 is 12.1 Å². The molecule has 198 valence electrons. The SMILES string of the molecule is C/C(=N\NC(=O)C1NNN(c2nonc2N)C1CSc1nc2ccccc2o1)c1ccc(-n2cnnn2)cc1. The second-order valence-electron chi connectivity index (χ2n) is 8.38. The zero-order valence-electron chi connectivity index (χ0n) is 20.3. The summed E-state index contributed by atoms with van der Waals surface area (Å²) < 4.78 is 12.1. The van der Waals surface area contributed by atoms with Gasteiger partial charge in [0.2, 0.25) is 11.6 Å². The van der Waals surface area contributed by atoms with Crippen molar-refractivity contribution in [3.63, 3.8) is 0 Å². The van der Waals surface area contributed by atoms with Crippen molar-refractivity contribution >= 4 is 46.1 Å². The Morgan fingerprint density at radius 2 is 2.05 bits per heavy atom. The summed E-state index contributed by atoms with van der Waals surface area (Å²) in [6.45, 7) is 1.79. The molecule has 16 nitrogen and oxygen atoms in total. The zero-order chi connectivity index (χ0) is 26.8. The Kier molecular flexibility index (Phi) is 6.57. The number of nitrogens with one attached hydrogen (secondary N) is 3. The average Bonchev–Trinajstić information content (AvgIpc) is 3.76. The molecule has 1 saturated heterocycles. The summed E-state index contributed by atoms with van der Waals surface area (Å²) in [7, 11) is 0. The van der Waals surface area contributed by atoms with Crippen molar-refractivity contribution in [2.45, 2.75) is 24.2 Å². The van der Waals surface area contributed by atoms with Crippen molar-refractivity contribution in [3.8, 4) is 5.69 Å². The fraction of sp³-hybridized carbons (Fsp3) is 0.182. The number of anilines is 2. The lowest BCUT2D eigenvalue weighted by atomic mass is 10.1. The van der Waals surface area contributed by atoms with Gasteiger partial charge < -0.3 is 10.2 Å². The lowest BCUT2D eigenvalue weighted by molar-refractivity contribution is -0.123. The Bertz CT molecular complexity index is 1580. The van der Waals surface area contributed by atoms with Crippen LogP contribution >= 0.6 is 11.8 Å². The van der Waals surface area contributed by atoms with E-state index in [4.69, 9.17) is 14.8 Å². The number of hydrogen-bond acceptors (Lipinski definition) is 15. The molecule has 0 spiro atoms. The molecule has 1 aliphatic heterocycles.